The fourth-order valence-electron chi connectivity index (χ4n) is 2.33. The van der Waals surface area contributed by atoms with Crippen molar-refractivity contribution < 1.29 is 9.90 Å². The van der Waals surface area contributed by atoms with Gasteiger partial charge in [0.1, 0.15) is 0 Å². The molecule has 1 fully saturated rings. The van der Waals surface area contributed by atoms with E-state index in [0.717, 1.165) is 10.1 Å². The van der Waals surface area contributed by atoms with Crippen LogP contribution >= 0.6 is 22.6 Å². The summed E-state index contributed by atoms with van der Waals surface area (Å²) in [4.78, 5) is 13.3. The molecule has 17 heavy (non-hydrogen) atoms. The summed E-state index contributed by atoms with van der Waals surface area (Å²) in [5.41, 5.74) is 1.53. The molecule has 0 amide bonds. The fourth-order valence-corrected chi connectivity index (χ4v) is 3.15. The van der Waals surface area contributed by atoms with Gasteiger partial charge in [0.05, 0.1) is 11.3 Å². The third-order valence-electron chi connectivity index (χ3n) is 3.31. The Morgan fingerprint density at radius 2 is 2.24 bits per heavy atom. The van der Waals surface area contributed by atoms with Crippen molar-refractivity contribution in [2.45, 2.75) is 32.2 Å². The Morgan fingerprint density at radius 1 is 1.47 bits per heavy atom. The predicted octanol–water partition coefficient (Wildman–Crippen LogP) is 3.37. The summed E-state index contributed by atoms with van der Waals surface area (Å²) in [7, 11) is 0. The molecule has 2 rings (SSSR count). The number of hydrogen-bond acceptors (Lipinski definition) is 2. The molecule has 0 bridgehead atoms. The second kappa shape index (κ2) is 5.25. The van der Waals surface area contributed by atoms with Crippen molar-refractivity contribution in [2.75, 3.05) is 11.4 Å². The predicted molar refractivity (Wildman–Crippen MR) is 76.8 cm³/mol. The number of carboxylic acids is 1. The third kappa shape index (κ3) is 2.73. The number of rotatable bonds is 2. The molecule has 1 aromatic carbocycles. The highest BCUT2D eigenvalue weighted by Crippen LogP contribution is 2.29. The number of hydrogen-bond donors (Lipinski definition) is 1. The molecule has 4 heteroatoms. The Bertz CT molecular complexity index is 433. The first-order valence-corrected chi connectivity index (χ1v) is 6.97. The van der Waals surface area contributed by atoms with Gasteiger partial charge in [-0.3, -0.25) is 0 Å². The van der Waals surface area contributed by atoms with Crippen LogP contribution in [0.1, 0.15) is 36.5 Å². The number of anilines is 1. The van der Waals surface area contributed by atoms with Gasteiger partial charge in [0, 0.05) is 16.2 Å². The van der Waals surface area contributed by atoms with Crippen LogP contribution in [0.3, 0.4) is 0 Å². The van der Waals surface area contributed by atoms with Crippen LogP contribution in [-0.2, 0) is 0 Å². The topological polar surface area (TPSA) is 40.5 Å². The zero-order valence-corrected chi connectivity index (χ0v) is 12.0. The molecule has 1 N–H and O–H groups in total. The lowest BCUT2D eigenvalue weighted by molar-refractivity contribution is 0.0697. The molecule has 1 aliphatic heterocycles. The number of carboxylic acid groups (broad SMARTS) is 1. The van der Waals surface area contributed by atoms with E-state index in [1.165, 1.54) is 24.9 Å². The summed E-state index contributed by atoms with van der Waals surface area (Å²) >= 11 is 2.23. The van der Waals surface area contributed by atoms with Crippen molar-refractivity contribution >= 4 is 34.2 Å². The van der Waals surface area contributed by atoms with E-state index in [1.807, 2.05) is 6.07 Å². The summed E-state index contributed by atoms with van der Waals surface area (Å²) in [6, 6.07) is 5.93. The van der Waals surface area contributed by atoms with E-state index >= 15 is 0 Å². The molecule has 0 aliphatic carbocycles. The Labute approximate surface area is 115 Å². The molecule has 0 aromatic heterocycles. The van der Waals surface area contributed by atoms with E-state index in [0.29, 0.717) is 11.6 Å². The maximum absolute atomic E-state index is 10.9. The minimum absolute atomic E-state index is 0.364. The fraction of sp³-hybridized carbons (Fsp3) is 0.462. The first kappa shape index (κ1) is 12.7. The number of aromatic carboxylic acids is 1. The number of benzene rings is 1. The van der Waals surface area contributed by atoms with Gasteiger partial charge in [-0.05, 0) is 67.0 Å². The molecule has 92 valence electrons. The lowest BCUT2D eigenvalue weighted by atomic mass is 10.0. The van der Waals surface area contributed by atoms with Crippen LogP contribution in [-0.4, -0.2) is 23.7 Å². The Hall–Kier alpha value is -0.780. The van der Waals surface area contributed by atoms with Crippen molar-refractivity contribution in [2.24, 2.45) is 0 Å². The lowest BCUT2D eigenvalue weighted by Crippen LogP contribution is -2.37. The molecule has 3 nitrogen and oxygen atoms in total. The van der Waals surface area contributed by atoms with Gasteiger partial charge in [-0.15, -0.1) is 0 Å². The summed E-state index contributed by atoms with van der Waals surface area (Å²) < 4.78 is 1.02. The second-order valence-electron chi connectivity index (χ2n) is 4.51. The number of carbonyl (C=O) groups is 1. The monoisotopic (exact) mass is 345 g/mol. The van der Waals surface area contributed by atoms with Crippen LogP contribution in [0, 0.1) is 3.57 Å². The molecule has 1 heterocycles. The summed E-state index contributed by atoms with van der Waals surface area (Å²) in [6.45, 7) is 3.31. The van der Waals surface area contributed by atoms with Crippen molar-refractivity contribution in [3.8, 4) is 0 Å². The van der Waals surface area contributed by atoms with Crippen molar-refractivity contribution in [3.63, 3.8) is 0 Å². The van der Waals surface area contributed by atoms with Crippen LogP contribution in [0.2, 0.25) is 0 Å². The largest absolute Gasteiger partial charge is 0.478 e. The molecule has 0 spiro atoms. The van der Waals surface area contributed by atoms with Gasteiger partial charge in [0.2, 0.25) is 0 Å². The van der Waals surface area contributed by atoms with Crippen molar-refractivity contribution in [3.05, 3.63) is 27.3 Å². The van der Waals surface area contributed by atoms with Crippen LogP contribution in [0.4, 0.5) is 5.69 Å². The first-order valence-electron chi connectivity index (χ1n) is 5.89. The maximum atomic E-state index is 10.9. The van der Waals surface area contributed by atoms with Gasteiger partial charge in [-0.1, -0.05) is 0 Å². The molecule has 1 aliphatic rings. The standard InChI is InChI=1S/C13H16INO2/c1-9-4-2-3-7-15(9)12-6-5-10(13(16)17)8-11(12)14/h5-6,8-9H,2-4,7H2,1H3,(H,16,17)/t9-/m1/s1. The number of halogens is 1. The van der Waals surface area contributed by atoms with E-state index in [9.17, 15) is 4.79 Å². The van der Waals surface area contributed by atoms with Gasteiger partial charge in [-0.25, -0.2) is 4.79 Å². The van der Waals surface area contributed by atoms with Gasteiger partial charge in [0.15, 0.2) is 0 Å². The van der Waals surface area contributed by atoms with Crippen molar-refractivity contribution in [1.29, 1.82) is 0 Å². The van der Waals surface area contributed by atoms with E-state index in [4.69, 9.17) is 5.11 Å². The summed E-state index contributed by atoms with van der Waals surface area (Å²) in [5, 5.41) is 8.95. The Balaban J connectivity index is 2.29. The highest BCUT2D eigenvalue weighted by molar-refractivity contribution is 14.1. The minimum atomic E-state index is -0.860. The highest BCUT2D eigenvalue weighted by Gasteiger charge is 2.20. The first-order chi connectivity index (χ1) is 8.09. The molecule has 0 saturated carbocycles. The molecule has 0 radical (unpaired) electrons. The van der Waals surface area contributed by atoms with Gasteiger partial charge >= 0.3 is 5.97 Å². The third-order valence-corrected chi connectivity index (χ3v) is 4.17. The highest BCUT2D eigenvalue weighted by atomic mass is 127. The van der Waals surface area contributed by atoms with Gasteiger partial charge in [0.25, 0.3) is 0 Å². The minimum Gasteiger partial charge on any atom is -0.478 e. The zero-order chi connectivity index (χ0) is 12.4. The van der Waals surface area contributed by atoms with Crippen LogP contribution in [0.5, 0.6) is 0 Å². The smallest absolute Gasteiger partial charge is 0.335 e. The molecule has 0 unspecified atom stereocenters. The molecule has 1 atom stereocenters. The quantitative estimate of drug-likeness (QED) is 0.836. The Kier molecular flexibility index (Phi) is 3.91. The van der Waals surface area contributed by atoms with Crippen LogP contribution in [0.15, 0.2) is 18.2 Å². The van der Waals surface area contributed by atoms with Gasteiger partial charge in [-0.2, -0.15) is 0 Å². The molecular formula is C13H16INO2. The lowest BCUT2D eigenvalue weighted by Gasteiger charge is -2.36. The normalized spacial score (nSPS) is 20.4. The van der Waals surface area contributed by atoms with Gasteiger partial charge < -0.3 is 10.0 Å². The van der Waals surface area contributed by atoms with E-state index in [1.54, 1.807) is 12.1 Å². The average Bonchev–Trinajstić information content (AvgIpc) is 2.30. The van der Waals surface area contributed by atoms with Crippen LogP contribution in [0.25, 0.3) is 0 Å². The molecule has 1 aromatic rings. The summed E-state index contributed by atoms with van der Waals surface area (Å²) in [6.07, 6.45) is 3.74. The van der Waals surface area contributed by atoms with E-state index in [-0.39, 0.29) is 0 Å². The van der Waals surface area contributed by atoms with E-state index < -0.39 is 5.97 Å². The zero-order valence-electron chi connectivity index (χ0n) is 9.82. The number of nitrogens with zero attached hydrogens (tertiary/aromatic N) is 1. The average molecular weight is 345 g/mol. The molecule has 1 saturated heterocycles. The van der Waals surface area contributed by atoms with E-state index in [2.05, 4.69) is 34.4 Å². The maximum Gasteiger partial charge on any atom is 0.335 e. The van der Waals surface area contributed by atoms with Crippen molar-refractivity contribution in [1.82, 2.24) is 0 Å². The number of piperidine rings is 1. The second-order valence-corrected chi connectivity index (χ2v) is 5.67. The molecular weight excluding hydrogens is 329 g/mol. The van der Waals surface area contributed by atoms with Crippen LogP contribution < -0.4 is 4.90 Å². The Morgan fingerprint density at radius 3 is 2.82 bits per heavy atom. The summed E-state index contributed by atoms with van der Waals surface area (Å²) in [5.74, 6) is -0.860. The SMILES string of the molecule is C[C@@H]1CCCCN1c1ccc(C(=O)O)cc1I.